The number of rotatable bonds is 11. The zero-order valence-electron chi connectivity index (χ0n) is 21.5. The van der Waals surface area contributed by atoms with Crippen molar-refractivity contribution in [2.45, 2.75) is 73.1 Å². The van der Waals surface area contributed by atoms with Crippen LogP contribution in [-0.2, 0) is 28.9 Å². The van der Waals surface area contributed by atoms with Gasteiger partial charge in [-0.2, -0.15) is 13.2 Å². The molecule has 0 aliphatic heterocycles. The van der Waals surface area contributed by atoms with Crippen LogP contribution in [0.5, 0.6) is 0 Å². The molecule has 0 fully saturated rings. The van der Waals surface area contributed by atoms with Gasteiger partial charge in [-0.3, -0.25) is 9.59 Å². The van der Waals surface area contributed by atoms with Crippen molar-refractivity contribution in [1.29, 1.82) is 0 Å². The van der Waals surface area contributed by atoms with Crippen LogP contribution in [0, 0.1) is 5.41 Å². The van der Waals surface area contributed by atoms with Gasteiger partial charge in [-0.15, -0.1) is 0 Å². The maximum atomic E-state index is 13.3. The molecule has 0 aliphatic carbocycles. The van der Waals surface area contributed by atoms with Crippen molar-refractivity contribution in [1.82, 2.24) is 14.4 Å². The number of carbonyl (C=O) groups is 2. The summed E-state index contributed by atoms with van der Waals surface area (Å²) in [6.45, 7) is 11.1. The standard InChI is InChI=1S/C27H38F3N3O2/c1-6-8-9-15-33(24(34)20-31(7-2)25(35)26(3,4)5)19-23-14-11-16-32(23)18-21-12-10-13-22(17-21)27(28,29)30/h10-14,16-17H,6-9,15,18-20H2,1-5H3. The second kappa shape index (κ2) is 12.3. The number of amides is 2. The van der Waals surface area contributed by atoms with Crippen molar-refractivity contribution in [2.24, 2.45) is 5.41 Å². The number of halogens is 3. The zero-order chi connectivity index (χ0) is 26.2. The first-order valence-electron chi connectivity index (χ1n) is 12.2. The highest BCUT2D eigenvalue weighted by molar-refractivity contribution is 5.87. The first-order valence-corrected chi connectivity index (χ1v) is 12.2. The van der Waals surface area contributed by atoms with E-state index >= 15 is 0 Å². The fraction of sp³-hybridized carbons (Fsp3) is 0.556. The topological polar surface area (TPSA) is 45.6 Å². The monoisotopic (exact) mass is 493 g/mol. The fourth-order valence-electron chi connectivity index (χ4n) is 3.89. The summed E-state index contributed by atoms with van der Waals surface area (Å²) in [5.41, 5.74) is 0.109. The van der Waals surface area contributed by atoms with Crippen LogP contribution in [0.15, 0.2) is 42.6 Å². The molecule has 0 saturated carbocycles. The number of hydrogen-bond donors (Lipinski definition) is 0. The number of hydrogen-bond acceptors (Lipinski definition) is 2. The molecule has 35 heavy (non-hydrogen) atoms. The lowest BCUT2D eigenvalue weighted by Crippen LogP contribution is -2.46. The molecular formula is C27H38F3N3O2. The first-order chi connectivity index (χ1) is 16.4. The van der Waals surface area contributed by atoms with Gasteiger partial charge in [0.05, 0.1) is 18.7 Å². The normalized spacial score (nSPS) is 12.0. The molecule has 0 aliphatic rings. The third kappa shape index (κ3) is 8.44. The van der Waals surface area contributed by atoms with Crippen LogP contribution in [0.1, 0.15) is 70.7 Å². The van der Waals surface area contributed by atoms with E-state index in [1.807, 2.05) is 50.6 Å². The van der Waals surface area contributed by atoms with Crippen molar-refractivity contribution in [3.05, 3.63) is 59.4 Å². The smallest absolute Gasteiger partial charge is 0.345 e. The maximum absolute atomic E-state index is 13.3. The van der Waals surface area contributed by atoms with Crippen LogP contribution in [0.3, 0.4) is 0 Å². The van der Waals surface area contributed by atoms with E-state index in [2.05, 4.69) is 6.92 Å². The molecule has 0 spiro atoms. The number of benzene rings is 1. The summed E-state index contributed by atoms with van der Waals surface area (Å²) in [6.07, 6.45) is 0.250. The molecular weight excluding hydrogens is 455 g/mol. The van der Waals surface area contributed by atoms with Gasteiger partial charge < -0.3 is 14.4 Å². The average molecular weight is 494 g/mol. The van der Waals surface area contributed by atoms with E-state index in [1.165, 1.54) is 6.07 Å². The summed E-state index contributed by atoms with van der Waals surface area (Å²) in [5.74, 6) is -0.206. The molecule has 0 radical (unpaired) electrons. The quantitative estimate of drug-likeness (QED) is 0.362. The lowest BCUT2D eigenvalue weighted by atomic mass is 9.94. The molecule has 0 N–H and O–H groups in total. The second-order valence-corrected chi connectivity index (χ2v) is 9.92. The highest BCUT2D eigenvalue weighted by Crippen LogP contribution is 2.29. The van der Waals surface area contributed by atoms with Crippen LogP contribution in [0.2, 0.25) is 0 Å². The molecule has 1 aromatic heterocycles. The van der Waals surface area contributed by atoms with Gasteiger partial charge in [-0.05, 0) is 43.2 Å². The molecule has 0 atom stereocenters. The number of aromatic nitrogens is 1. The Morgan fingerprint density at radius 2 is 1.69 bits per heavy atom. The summed E-state index contributed by atoms with van der Waals surface area (Å²) in [4.78, 5) is 29.4. The highest BCUT2D eigenvalue weighted by atomic mass is 19.4. The van der Waals surface area contributed by atoms with E-state index in [4.69, 9.17) is 0 Å². The molecule has 0 unspecified atom stereocenters. The van der Waals surface area contributed by atoms with Crippen LogP contribution in [0.25, 0.3) is 0 Å². The van der Waals surface area contributed by atoms with E-state index in [-0.39, 0.29) is 24.9 Å². The lowest BCUT2D eigenvalue weighted by molar-refractivity contribution is -0.145. The van der Waals surface area contributed by atoms with Gasteiger partial charge in [0, 0.05) is 36.9 Å². The predicted octanol–water partition coefficient (Wildman–Crippen LogP) is 5.97. The van der Waals surface area contributed by atoms with Gasteiger partial charge in [0.25, 0.3) is 0 Å². The minimum atomic E-state index is -4.40. The molecule has 1 aromatic carbocycles. The lowest BCUT2D eigenvalue weighted by Gasteiger charge is -2.31. The predicted molar refractivity (Wildman–Crippen MR) is 132 cm³/mol. The third-order valence-electron chi connectivity index (χ3n) is 5.90. The Labute approximate surface area is 206 Å². The minimum absolute atomic E-state index is 0.00701. The Hall–Kier alpha value is -2.77. The van der Waals surface area contributed by atoms with Crippen LogP contribution in [0.4, 0.5) is 13.2 Å². The number of unbranched alkanes of at least 4 members (excludes halogenated alkanes) is 2. The minimum Gasteiger partial charge on any atom is -0.345 e. The largest absolute Gasteiger partial charge is 0.416 e. The Morgan fingerprint density at radius 1 is 0.971 bits per heavy atom. The van der Waals surface area contributed by atoms with Gasteiger partial charge in [0.2, 0.25) is 11.8 Å². The van der Waals surface area contributed by atoms with E-state index in [0.717, 1.165) is 37.1 Å². The number of likely N-dealkylation sites (N-methyl/N-ethyl adjacent to an activating group) is 1. The van der Waals surface area contributed by atoms with Crippen molar-refractivity contribution in [3.8, 4) is 0 Å². The number of carbonyl (C=O) groups excluding carboxylic acids is 2. The van der Waals surface area contributed by atoms with Crippen LogP contribution in [-0.4, -0.2) is 45.8 Å². The SMILES string of the molecule is CCCCCN(Cc1cccn1Cc1cccc(C(F)(F)F)c1)C(=O)CN(CC)C(=O)C(C)(C)C. The fourth-order valence-corrected chi connectivity index (χ4v) is 3.89. The van der Waals surface area contributed by atoms with E-state index in [1.54, 1.807) is 15.9 Å². The van der Waals surface area contributed by atoms with Gasteiger partial charge in [-0.1, -0.05) is 52.7 Å². The maximum Gasteiger partial charge on any atom is 0.416 e. The summed E-state index contributed by atoms with van der Waals surface area (Å²) < 4.78 is 41.2. The average Bonchev–Trinajstić information content (AvgIpc) is 3.21. The Morgan fingerprint density at radius 3 is 2.29 bits per heavy atom. The Bertz CT molecular complexity index is 977. The summed E-state index contributed by atoms with van der Waals surface area (Å²) >= 11 is 0. The molecule has 8 heteroatoms. The molecule has 0 saturated heterocycles. The van der Waals surface area contributed by atoms with Crippen LogP contribution < -0.4 is 0 Å². The molecule has 2 aromatic rings. The molecule has 2 amide bonds. The highest BCUT2D eigenvalue weighted by Gasteiger charge is 2.31. The van der Waals surface area contributed by atoms with Crippen molar-refractivity contribution in [2.75, 3.05) is 19.6 Å². The van der Waals surface area contributed by atoms with Gasteiger partial charge >= 0.3 is 6.18 Å². The van der Waals surface area contributed by atoms with E-state index in [0.29, 0.717) is 25.2 Å². The summed E-state index contributed by atoms with van der Waals surface area (Å²) in [7, 11) is 0. The van der Waals surface area contributed by atoms with E-state index in [9.17, 15) is 22.8 Å². The van der Waals surface area contributed by atoms with Crippen LogP contribution >= 0.6 is 0 Å². The molecule has 2 rings (SSSR count). The van der Waals surface area contributed by atoms with Crippen molar-refractivity contribution >= 4 is 11.8 Å². The molecule has 1 heterocycles. The molecule has 5 nitrogen and oxygen atoms in total. The van der Waals surface area contributed by atoms with Crippen molar-refractivity contribution in [3.63, 3.8) is 0 Å². The van der Waals surface area contributed by atoms with Crippen molar-refractivity contribution < 1.29 is 22.8 Å². The number of alkyl halides is 3. The van der Waals surface area contributed by atoms with Gasteiger partial charge in [0.15, 0.2) is 0 Å². The Balaban J connectivity index is 2.20. The zero-order valence-corrected chi connectivity index (χ0v) is 21.5. The van der Waals surface area contributed by atoms with Gasteiger partial charge in [-0.25, -0.2) is 0 Å². The summed E-state index contributed by atoms with van der Waals surface area (Å²) in [5, 5.41) is 0. The second-order valence-electron chi connectivity index (χ2n) is 9.92. The summed E-state index contributed by atoms with van der Waals surface area (Å²) in [6, 6.07) is 9.01. The molecule has 194 valence electrons. The first kappa shape index (κ1) is 28.5. The Kier molecular flexibility index (Phi) is 9.98. The molecule has 0 bridgehead atoms. The van der Waals surface area contributed by atoms with E-state index < -0.39 is 17.2 Å². The van der Waals surface area contributed by atoms with Gasteiger partial charge in [0.1, 0.15) is 0 Å². The number of nitrogens with zero attached hydrogens (tertiary/aromatic N) is 3. The third-order valence-corrected chi connectivity index (χ3v) is 5.90.